The van der Waals surface area contributed by atoms with Gasteiger partial charge in [0.25, 0.3) is 0 Å². The van der Waals surface area contributed by atoms with Crippen molar-refractivity contribution in [1.82, 2.24) is 21.3 Å². The highest BCUT2D eigenvalue weighted by atomic mass is 16.5. The van der Waals surface area contributed by atoms with Gasteiger partial charge in [-0.3, -0.25) is 14.4 Å². The molecule has 3 aromatic carbocycles. The molecule has 12 heteroatoms. The number of hydrogen-bond donors (Lipinski definition) is 5. The molecule has 48 heavy (non-hydrogen) atoms. The van der Waals surface area contributed by atoms with E-state index in [0.29, 0.717) is 25.8 Å². The Morgan fingerprint density at radius 1 is 0.667 bits per heavy atom. The summed E-state index contributed by atoms with van der Waals surface area (Å²) >= 11 is 0. The van der Waals surface area contributed by atoms with Crippen LogP contribution in [0.2, 0.25) is 0 Å². The molecule has 3 rings (SSSR count). The Kier molecular flexibility index (Phi) is 15.6. The average molecular weight is 660 g/mol. The van der Waals surface area contributed by atoms with Gasteiger partial charge < -0.3 is 36.5 Å². The van der Waals surface area contributed by atoms with Crippen LogP contribution in [0.25, 0.3) is 0 Å². The van der Waals surface area contributed by atoms with Gasteiger partial charge in [0.15, 0.2) is 0 Å². The van der Waals surface area contributed by atoms with E-state index in [2.05, 4.69) is 21.3 Å². The molecule has 0 aliphatic heterocycles. The Morgan fingerprint density at radius 3 is 1.75 bits per heavy atom. The fraction of sp³-hybridized carbons (Fsp3) is 0.361. The van der Waals surface area contributed by atoms with Crippen LogP contribution >= 0.6 is 0 Å². The first-order chi connectivity index (χ1) is 23.2. The molecule has 6 N–H and O–H groups in total. The van der Waals surface area contributed by atoms with Gasteiger partial charge in [-0.25, -0.2) is 9.59 Å². The highest BCUT2D eigenvalue weighted by Gasteiger charge is 2.29. The number of ether oxygens (including phenoxy) is 2. The third-order valence-electron chi connectivity index (χ3n) is 7.51. The van der Waals surface area contributed by atoms with Gasteiger partial charge in [0.05, 0.1) is 13.2 Å². The molecule has 0 saturated carbocycles. The lowest BCUT2D eigenvalue weighted by atomic mass is 10.0. The summed E-state index contributed by atoms with van der Waals surface area (Å²) in [5.74, 6) is -2.32. The number of nitrogens with two attached hydrogens (primary N) is 1. The van der Waals surface area contributed by atoms with Crippen LogP contribution < -0.4 is 27.0 Å². The van der Waals surface area contributed by atoms with Gasteiger partial charge >= 0.3 is 12.1 Å². The molecule has 256 valence electrons. The maximum atomic E-state index is 13.5. The molecule has 0 bridgehead atoms. The third kappa shape index (κ3) is 13.2. The van der Waals surface area contributed by atoms with Crippen LogP contribution in [-0.4, -0.2) is 67.6 Å². The maximum Gasteiger partial charge on any atom is 0.407 e. The zero-order valence-electron chi connectivity index (χ0n) is 27.4. The fourth-order valence-electron chi connectivity index (χ4n) is 4.78. The van der Waals surface area contributed by atoms with E-state index in [1.54, 1.807) is 0 Å². The SMILES string of the molecule is COC(=O)C(Cc1ccccc1)NC(=O)C(Cc1ccccc1)NC(=O)C(C)NC(=O)C(N)CCCCNC(=O)OCc1ccccc1. The summed E-state index contributed by atoms with van der Waals surface area (Å²) in [6.07, 6.45) is 1.27. The van der Waals surface area contributed by atoms with E-state index in [1.807, 2.05) is 91.0 Å². The van der Waals surface area contributed by atoms with Crippen molar-refractivity contribution < 1.29 is 33.4 Å². The van der Waals surface area contributed by atoms with Crippen LogP contribution in [0.15, 0.2) is 91.0 Å². The Morgan fingerprint density at radius 2 is 1.19 bits per heavy atom. The van der Waals surface area contributed by atoms with Crippen molar-refractivity contribution in [2.75, 3.05) is 13.7 Å². The zero-order chi connectivity index (χ0) is 34.7. The van der Waals surface area contributed by atoms with Crippen molar-refractivity contribution in [3.63, 3.8) is 0 Å². The van der Waals surface area contributed by atoms with Crippen LogP contribution in [-0.2, 0) is 48.1 Å². The molecule has 4 atom stereocenters. The second-order valence-electron chi connectivity index (χ2n) is 11.3. The predicted octanol–water partition coefficient (Wildman–Crippen LogP) is 2.54. The number of esters is 1. The van der Waals surface area contributed by atoms with Crippen LogP contribution in [0.5, 0.6) is 0 Å². The number of amides is 4. The van der Waals surface area contributed by atoms with Gasteiger partial charge in [-0.15, -0.1) is 0 Å². The summed E-state index contributed by atoms with van der Waals surface area (Å²) < 4.78 is 10.1. The summed E-state index contributed by atoms with van der Waals surface area (Å²) in [7, 11) is 1.24. The number of carbonyl (C=O) groups is 5. The number of alkyl carbamates (subject to hydrolysis) is 1. The van der Waals surface area contributed by atoms with Crippen molar-refractivity contribution in [1.29, 1.82) is 0 Å². The van der Waals surface area contributed by atoms with Gasteiger partial charge in [-0.2, -0.15) is 0 Å². The van der Waals surface area contributed by atoms with Gasteiger partial charge in [0.1, 0.15) is 24.7 Å². The summed E-state index contributed by atoms with van der Waals surface area (Å²) in [4.78, 5) is 63.9. The number of hydrogen-bond acceptors (Lipinski definition) is 8. The van der Waals surface area contributed by atoms with Gasteiger partial charge in [0.2, 0.25) is 17.7 Å². The molecule has 0 aromatic heterocycles. The first kappa shape index (κ1) is 37.2. The van der Waals surface area contributed by atoms with E-state index in [4.69, 9.17) is 15.2 Å². The highest BCUT2D eigenvalue weighted by Crippen LogP contribution is 2.09. The van der Waals surface area contributed by atoms with Crippen molar-refractivity contribution >= 4 is 29.8 Å². The van der Waals surface area contributed by atoms with E-state index in [1.165, 1.54) is 14.0 Å². The largest absolute Gasteiger partial charge is 0.467 e. The molecule has 0 spiro atoms. The minimum absolute atomic E-state index is 0.145. The molecule has 4 unspecified atom stereocenters. The molecule has 0 fully saturated rings. The number of nitrogens with one attached hydrogen (secondary N) is 4. The maximum absolute atomic E-state index is 13.5. The third-order valence-corrected chi connectivity index (χ3v) is 7.51. The lowest BCUT2D eigenvalue weighted by Gasteiger charge is -2.24. The molecule has 3 aromatic rings. The molecule has 0 heterocycles. The second kappa shape index (κ2) is 20.1. The standard InChI is InChI=1S/C36H45N5O7/c1-25(39-33(43)29(37)20-12-13-21-38-36(46)48-24-28-18-10-5-11-19-28)32(42)40-30(22-26-14-6-3-7-15-26)34(44)41-31(35(45)47-2)23-27-16-8-4-9-17-27/h3-11,14-19,25,29-31H,12-13,20-24,37H2,1-2H3,(H,38,46)(H,39,43)(H,40,42)(H,41,44). The number of unbranched alkanes of at least 4 members (excludes halogenated alkanes) is 1. The summed E-state index contributed by atoms with van der Waals surface area (Å²) in [5.41, 5.74) is 8.56. The topological polar surface area (TPSA) is 178 Å². The predicted molar refractivity (Wildman–Crippen MR) is 180 cm³/mol. The van der Waals surface area contributed by atoms with Crippen LogP contribution in [0.1, 0.15) is 42.9 Å². The minimum Gasteiger partial charge on any atom is -0.467 e. The van der Waals surface area contributed by atoms with E-state index in [0.717, 1.165) is 16.7 Å². The number of rotatable bonds is 18. The summed E-state index contributed by atoms with van der Waals surface area (Å²) in [5, 5.41) is 10.7. The molecule has 0 aliphatic rings. The van der Waals surface area contributed by atoms with Crippen molar-refractivity contribution in [2.24, 2.45) is 5.73 Å². The summed E-state index contributed by atoms with van der Waals surface area (Å²) in [6, 6.07) is 23.7. The normalized spacial score (nSPS) is 13.1. The lowest BCUT2D eigenvalue weighted by Crippen LogP contribution is -2.57. The quantitative estimate of drug-likeness (QED) is 0.102. The van der Waals surface area contributed by atoms with Crippen molar-refractivity contribution in [3.8, 4) is 0 Å². The Hall–Kier alpha value is -5.23. The van der Waals surface area contributed by atoms with Crippen LogP contribution in [0.3, 0.4) is 0 Å². The number of methoxy groups -OCH3 is 1. The molecular formula is C36H45N5O7. The first-order valence-corrected chi connectivity index (χ1v) is 15.9. The Bertz CT molecular complexity index is 1460. The van der Waals surface area contributed by atoms with Gasteiger partial charge in [0, 0.05) is 19.4 Å². The molecule has 0 radical (unpaired) electrons. The molecular weight excluding hydrogens is 614 g/mol. The average Bonchev–Trinajstić information content (AvgIpc) is 3.10. The van der Waals surface area contributed by atoms with Crippen molar-refractivity contribution in [3.05, 3.63) is 108 Å². The first-order valence-electron chi connectivity index (χ1n) is 15.9. The van der Waals surface area contributed by atoms with Crippen molar-refractivity contribution in [2.45, 2.75) is 69.8 Å². The molecule has 0 saturated heterocycles. The van der Waals surface area contributed by atoms with Gasteiger partial charge in [-0.1, -0.05) is 91.0 Å². The van der Waals surface area contributed by atoms with E-state index in [-0.39, 0.29) is 19.4 Å². The van der Waals surface area contributed by atoms with Gasteiger partial charge in [-0.05, 0) is 42.9 Å². The number of carbonyl (C=O) groups excluding carboxylic acids is 5. The van der Waals surface area contributed by atoms with E-state index >= 15 is 0 Å². The van der Waals surface area contributed by atoms with Crippen LogP contribution in [0, 0.1) is 0 Å². The smallest absolute Gasteiger partial charge is 0.407 e. The monoisotopic (exact) mass is 659 g/mol. The second-order valence-corrected chi connectivity index (χ2v) is 11.3. The van der Waals surface area contributed by atoms with Crippen LogP contribution in [0.4, 0.5) is 4.79 Å². The Balaban J connectivity index is 1.48. The lowest BCUT2D eigenvalue weighted by molar-refractivity contribution is -0.145. The molecule has 4 amide bonds. The van der Waals surface area contributed by atoms with E-state index in [9.17, 15) is 24.0 Å². The minimum atomic E-state index is -1.05. The summed E-state index contributed by atoms with van der Waals surface area (Å²) in [6.45, 7) is 2.02. The molecule has 12 nitrogen and oxygen atoms in total. The number of benzene rings is 3. The highest BCUT2D eigenvalue weighted by molar-refractivity contribution is 5.94. The fourth-order valence-corrected chi connectivity index (χ4v) is 4.78. The Labute approximate surface area is 281 Å². The van der Waals surface area contributed by atoms with E-state index < -0.39 is 54.0 Å². The zero-order valence-corrected chi connectivity index (χ0v) is 27.4. The molecule has 0 aliphatic carbocycles.